The van der Waals surface area contributed by atoms with Gasteiger partial charge in [0.05, 0.1) is 0 Å². The molecule has 0 aliphatic heterocycles. The SMILES string of the molecule is Cc1cc(F)ccc1[C@H](N)C(F)(F)F. The number of benzene rings is 1. The first kappa shape index (κ1) is 11.0. The summed E-state index contributed by atoms with van der Waals surface area (Å²) in [5.41, 5.74) is 5.08. The highest BCUT2D eigenvalue weighted by Gasteiger charge is 2.38. The van der Waals surface area contributed by atoms with Crippen LogP contribution in [-0.4, -0.2) is 6.18 Å². The van der Waals surface area contributed by atoms with Crippen LogP contribution in [0.3, 0.4) is 0 Å². The van der Waals surface area contributed by atoms with Gasteiger partial charge >= 0.3 is 6.18 Å². The smallest absolute Gasteiger partial charge is 0.316 e. The third-order valence-corrected chi connectivity index (χ3v) is 1.92. The lowest BCUT2D eigenvalue weighted by Crippen LogP contribution is -2.29. The molecule has 0 radical (unpaired) electrons. The Bertz CT molecular complexity index is 332. The van der Waals surface area contributed by atoms with Gasteiger partial charge in [-0.2, -0.15) is 13.2 Å². The molecule has 0 saturated heterocycles. The van der Waals surface area contributed by atoms with Gasteiger partial charge in [-0.25, -0.2) is 4.39 Å². The molecule has 0 spiro atoms. The van der Waals surface area contributed by atoms with Crippen molar-refractivity contribution in [1.29, 1.82) is 0 Å². The zero-order valence-electron chi connectivity index (χ0n) is 7.40. The van der Waals surface area contributed by atoms with Crippen molar-refractivity contribution >= 4 is 0 Å². The number of rotatable bonds is 1. The fourth-order valence-electron chi connectivity index (χ4n) is 1.16. The number of halogens is 4. The first-order chi connectivity index (χ1) is 6.32. The lowest BCUT2D eigenvalue weighted by molar-refractivity contribution is -0.149. The maximum atomic E-state index is 12.6. The van der Waals surface area contributed by atoms with Gasteiger partial charge in [0.1, 0.15) is 11.9 Å². The molecule has 0 fully saturated rings. The zero-order valence-corrected chi connectivity index (χ0v) is 7.40. The van der Waals surface area contributed by atoms with E-state index >= 15 is 0 Å². The minimum Gasteiger partial charge on any atom is -0.316 e. The van der Waals surface area contributed by atoms with Gasteiger partial charge in [-0.1, -0.05) is 6.07 Å². The second-order valence-corrected chi connectivity index (χ2v) is 3.02. The van der Waals surface area contributed by atoms with Crippen LogP contribution in [0.1, 0.15) is 17.2 Å². The number of hydrogen-bond donors (Lipinski definition) is 1. The van der Waals surface area contributed by atoms with Crippen LogP contribution in [-0.2, 0) is 0 Å². The van der Waals surface area contributed by atoms with E-state index < -0.39 is 18.0 Å². The van der Waals surface area contributed by atoms with E-state index in [1.54, 1.807) is 0 Å². The van der Waals surface area contributed by atoms with Gasteiger partial charge in [0.2, 0.25) is 0 Å². The third-order valence-electron chi connectivity index (χ3n) is 1.92. The maximum Gasteiger partial charge on any atom is 0.407 e. The van der Waals surface area contributed by atoms with Crippen LogP contribution in [0.5, 0.6) is 0 Å². The summed E-state index contributed by atoms with van der Waals surface area (Å²) in [4.78, 5) is 0. The van der Waals surface area contributed by atoms with Crippen molar-refractivity contribution in [3.05, 3.63) is 35.1 Å². The van der Waals surface area contributed by atoms with Gasteiger partial charge in [-0.05, 0) is 30.2 Å². The summed E-state index contributed by atoms with van der Waals surface area (Å²) < 4.78 is 49.2. The van der Waals surface area contributed by atoms with Crippen molar-refractivity contribution in [3.8, 4) is 0 Å². The predicted octanol–water partition coefficient (Wildman–Crippen LogP) is 2.70. The fourth-order valence-corrected chi connectivity index (χ4v) is 1.16. The highest BCUT2D eigenvalue weighted by molar-refractivity contribution is 5.30. The first-order valence-electron chi connectivity index (χ1n) is 3.90. The largest absolute Gasteiger partial charge is 0.407 e. The van der Waals surface area contributed by atoms with Crippen molar-refractivity contribution in [3.63, 3.8) is 0 Å². The molecule has 1 rings (SSSR count). The Kier molecular flexibility index (Phi) is 2.80. The Morgan fingerprint density at radius 2 is 1.86 bits per heavy atom. The summed E-state index contributed by atoms with van der Waals surface area (Å²) in [6, 6.07) is 1.00. The number of alkyl halides is 3. The monoisotopic (exact) mass is 207 g/mol. The van der Waals surface area contributed by atoms with Gasteiger partial charge in [-0.15, -0.1) is 0 Å². The van der Waals surface area contributed by atoms with Crippen LogP contribution in [0, 0.1) is 12.7 Å². The molecule has 0 aliphatic carbocycles. The van der Waals surface area contributed by atoms with Gasteiger partial charge in [0.25, 0.3) is 0 Å². The molecule has 78 valence electrons. The first-order valence-corrected chi connectivity index (χ1v) is 3.90. The van der Waals surface area contributed by atoms with Gasteiger partial charge < -0.3 is 5.73 Å². The van der Waals surface area contributed by atoms with Crippen molar-refractivity contribution < 1.29 is 17.6 Å². The molecule has 2 N–H and O–H groups in total. The van der Waals surface area contributed by atoms with E-state index in [2.05, 4.69) is 0 Å². The van der Waals surface area contributed by atoms with Crippen molar-refractivity contribution in [2.24, 2.45) is 5.73 Å². The molecule has 0 bridgehead atoms. The fraction of sp³-hybridized carbons (Fsp3) is 0.333. The van der Waals surface area contributed by atoms with Crippen molar-refractivity contribution in [2.75, 3.05) is 0 Å². The molecular formula is C9H9F4N. The van der Waals surface area contributed by atoms with Crippen molar-refractivity contribution in [2.45, 2.75) is 19.1 Å². The van der Waals surface area contributed by atoms with E-state index in [-0.39, 0.29) is 11.1 Å². The van der Waals surface area contributed by atoms with E-state index in [9.17, 15) is 17.6 Å². The normalized spacial score (nSPS) is 14.1. The average molecular weight is 207 g/mol. The molecule has 0 aliphatic rings. The molecule has 0 unspecified atom stereocenters. The molecule has 0 heterocycles. The van der Waals surface area contributed by atoms with E-state index in [0.717, 1.165) is 18.2 Å². The minimum atomic E-state index is -4.50. The van der Waals surface area contributed by atoms with Crippen LogP contribution >= 0.6 is 0 Å². The average Bonchev–Trinajstić information content (AvgIpc) is 2.01. The molecule has 14 heavy (non-hydrogen) atoms. The van der Waals surface area contributed by atoms with E-state index in [1.807, 2.05) is 0 Å². The lowest BCUT2D eigenvalue weighted by Gasteiger charge is -2.17. The number of aryl methyl sites for hydroxylation is 1. The van der Waals surface area contributed by atoms with Crippen LogP contribution in [0.25, 0.3) is 0 Å². The summed E-state index contributed by atoms with van der Waals surface area (Å²) in [5.74, 6) is -0.569. The maximum absolute atomic E-state index is 12.6. The molecule has 0 aromatic heterocycles. The number of hydrogen-bond acceptors (Lipinski definition) is 1. The third kappa shape index (κ3) is 2.23. The summed E-state index contributed by atoms with van der Waals surface area (Å²) in [7, 11) is 0. The molecule has 1 atom stereocenters. The second-order valence-electron chi connectivity index (χ2n) is 3.02. The summed E-state index contributed by atoms with van der Waals surface area (Å²) in [5, 5.41) is 0. The molecule has 1 aromatic rings. The quantitative estimate of drug-likeness (QED) is 0.704. The standard InChI is InChI=1S/C9H9F4N/c1-5-4-6(10)2-3-7(5)8(14)9(11,12)13/h2-4,8H,14H2,1H3/t8-/m0/s1. The van der Waals surface area contributed by atoms with Crippen molar-refractivity contribution in [1.82, 2.24) is 0 Å². The highest BCUT2D eigenvalue weighted by atomic mass is 19.4. The summed E-state index contributed by atoms with van der Waals surface area (Å²) >= 11 is 0. The topological polar surface area (TPSA) is 26.0 Å². The van der Waals surface area contributed by atoms with E-state index in [4.69, 9.17) is 5.73 Å². The lowest BCUT2D eigenvalue weighted by atomic mass is 10.0. The van der Waals surface area contributed by atoms with Crippen LogP contribution in [0.4, 0.5) is 17.6 Å². The van der Waals surface area contributed by atoms with Gasteiger partial charge in [0, 0.05) is 0 Å². The Hall–Kier alpha value is -1.10. The molecule has 1 aromatic carbocycles. The van der Waals surface area contributed by atoms with E-state index in [1.165, 1.54) is 6.92 Å². The Balaban J connectivity index is 3.08. The van der Waals surface area contributed by atoms with Crippen LogP contribution in [0.2, 0.25) is 0 Å². The Morgan fingerprint density at radius 1 is 1.29 bits per heavy atom. The molecular weight excluding hydrogens is 198 g/mol. The zero-order chi connectivity index (χ0) is 10.9. The highest BCUT2D eigenvalue weighted by Crippen LogP contribution is 2.32. The van der Waals surface area contributed by atoms with Gasteiger partial charge in [-0.3, -0.25) is 0 Å². The van der Waals surface area contributed by atoms with Gasteiger partial charge in [0.15, 0.2) is 0 Å². The number of nitrogens with two attached hydrogens (primary N) is 1. The summed E-state index contributed by atoms with van der Waals surface area (Å²) in [6.07, 6.45) is -4.50. The van der Waals surface area contributed by atoms with Crippen LogP contribution in [0.15, 0.2) is 18.2 Å². The molecule has 0 saturated carbocycles. The Labute approximate surface area is 78.5 Å². The summed E-state index contributed by atoms with van der Waals surface area (Å²) in [6.45, 7) is 1.39. The van der Waals surface area contributed by atoms with E-state index in [0.29, 0.717) is 0 Å². The minimum absolute atomic E-state index is 0.0982. The molecule has 0 amide bonds. The predicted molar refractivity (Wildman–Crippen MR) is 44.1 cm³/mol. The van der Waals surface area contributed by atoms with Crippen LogP contribution < -0.4 is 5.73 Å². The molecule has 1 nitrogen and oxygen atoms in total. The Morgan fingerprint density at radius 3 is 2.29 bits per heavy atom. The molecule has 5 heteroatoms. The second kappa shape index (κ2) is 3.57.